The van der Waals surface area contributed by atoms with E-state index in [4.69, 9.17) is 21.4 Å². The van der Waals surface area contributed by atoms with Gasteiger partial charge in [-0.2, -0.15) is 13.2 Å². The van der Waals surface area contributed by atoms with Gasteiger partial charge in [-0.1, -0.05) is 23.7 Å². The van der Waals surface area contributed by atoms with Crippen LogP contribution in [0.25, 0.3) is 0 Å². The Morgan fingerprint density at radius 3 is 2.34 bits per heavy atom. The van der Waals surface area contributed by atoms with Gasteiger partial charge >= 0.3 is 11.9 Å². The molecule has 0 fully saturated rings. The number of nitrogens with one attached hydrogen (secondary N) is 1. The zero-order valence-corrected chi connectivity index (χ0v) is 19.3. The monoisotopic (exact) mass is 510 g/mol. The molecule has 0 spiro atoms. The summed E-state index contributed by atoms with van der Waals surface area (Å²) in [6, 6.07) is 11.1. The first-order valence-corrected chi connectivity index (χ1v) is 11.0. The Labute approximate surface area is 202 Å². The molecule has 4 rings (SSSR count). The molecule has 1 atom stereocenters. The van der Waals surface area contributed by atoms with Crippen molar-refractivity contribution in [3.8, 4) is 5.75 Å². The van der Waals surface area contributed by atoms with E-state index in [2.05, 4.69) is 5.32 Å². The summed E-state index contributed by atoms with van der Waals surface area (Å²) in [5.41, 5.74) is -1.02. The zero-order chi connectivity index (χ0) is 25.3. The van der Waals surface area contributed by atoms with E-state index in [1.165, 1.54) is 23.7 Å². The highest BCUT2D eigenvalue weighted by Gasteiger charge is 2.37. The average molecular weight is 511 g/mol. The van der Waals surface area contributed by atoms with Crippen LogP contribution in [0.2, 0.25) is 5.02 Å². The van der Waals surface area contributed by atoms with Crippen LogP contribution in [0.3, 0.4) is 0 Å². The van der Waals surface area contributed by atoms with E-state index in [0.29, 0.717) is 5.02 Å². The zero-order valence-electron chi connectivity index (χ0n) is 18.6. The number of fused-ring (bicyclic) bond motifs is 1. The number of benzene rings is 2. The van der Waals surface area contributed by atoms with Gasteiger partial charge in [-0.05, 0) is 48.4 Å². The Morgan fingerprint density at radius 1 is 1.09 bits per heavy atom. The molecule has 186 valence electrons. The van der Waals surface area contributed by atoms with Gasteiger partial charge in [0, 0.05) is 31.8 Å². The number of aliphatic hydroxyl groups is 1. The van der Waals surface area contributed by atoms with Crippen molar-refractivity contribution in [2.45, 2.75) is 32.0 Å². The predicted molar refractivity (Wildman–Crippen MR) is 125 cm³/mol. The number of aromatic nitrogens is 2. The van der Waals surface area contributed by atoms with Gasteiger partial charge in [0.25, 0.3) is 11.9 Å². The molecular formula is C23H22ClF3N4O4. The summed E-state index contributed by atoms with van der Waals surface area (Å²) < 4.78 is 47.0. The van der Waals surface area contributed by atoms with Crippen molar-refractivity contribution in [2.24, 2.45) is 7.05 Å². The van der Waals surface area contributed by atoms with Gasteiger partial charge in [0.05, 0.1) is 5.56 Å². The summed E-state index contributed by atoms with van der Waals surface area (Å²) in [6.07, 6.45) is -5.27. The molecule has 0 radical (unpaired) electrons. The molecule has 0 bridgehead atoms. The molecule has 1 unspecified atom stereocenters. The molecule has 8 nitrogen and oxygen atoms in total. The molecule has 0 amide bonds. The lowest BCUT2D eigenvalue weighted by molar-refractivity contribution is -0.137. The first kappa shape index (κ1) is 24.7. The molecule has 0 aliphatic carbocycles. The minimum absolute atomic E-state index is 0.0223. The van der Waals surface area contributed by atoms with Crippen molar-refractivity contribution in [3.05, 3.63) is 85.5 Å². The molecule has 3 aromatic rings. The summed E-state index contributed by atoms with van der Waals surface area (Å²) in [5, 5.41) is 12.7. The van der Waals surface area contributed by atoms with Gasteiger partial charge in [-0.3, -0.25) is 13.9 Å². The maximum absolute atomic E-state index is 13.3. The van der Waals surface area contributed by atoms with Crippen LogP contribution in [0.15, 0.2) is 58.1 Å². The Kier molecular flexibility index (Phi) is 6.82. The third-order valence-corrected chi connectivity index (χ3v) is 5.84. The number of ether oxygens (including phenoxy) is 1. The largest absolute Gasteiger partial charge is 0.452 e. The quantitative estimate of drug-likeness (QED) is 0.506. The minimum atomic E-state index is -4.49. The Hall–Kier alpha value is -3.44. The standard InChI is InChI=1S/C23H22ClF3N4O4/c1-29-19-18(20(33)30(22(29)34)11-2-12-32)31(13-14-3-7-16(24)8-4-14)21(28-19)35-17-9-5-15(6-10-17)23(25,26)27/h3-10,21,28,32H,2,11-13H2,1H3. The van der Waals surface area contributed by atoms with Crippen LogP contribution in [0, 0.1) is 0 Å². The van der Waals surface area contributed by atoms with Crippen molar-refractivity contribution in [2.75, 3.05) is 16.8 Å². The second kappa shape index (κ2) is 9.67. The number of nitrogens with zero attached hydrogens (tertiary/aromatic N) is 3. The van der Waals surface area contributed by atoms with Crippen LogP contribution in [0.1, 0.15) is 17.5 Å². The highest BCUT2D eigenvalue weighted by molar-refractivity contribution is 6.30. The SMILES string of the molecule is Cn1c2c(c(=O)n(CCCO)c1=O)N(Cc1ccc(Cl)cc1)C(Oc1ccc(C(F)(F)F)cc1)N2. The lowest BCUT2D eigenvalue weighted by Gasteiger charge is -2.26. The van der Waals surface area contributed by atoms with Gasteiger partial charge < -0.3 is 20.1 Å². The van der Waals surface area contributed by atoms with Gasteiger partial charge in [0.2, 0.25) is 0 Å². The first-order valence-electron chi connectivity index (χ1n) is 10.7. The fourth-order valence-electron chi connectivity index (χ4n) is 3.81. The van der Waals surface area contributed by atoms with Crippen molar-refractivity contribution >= 4 is 23.1 Å². The number of aliphatic hydroxyl groups excluding tert-OH is 1. The molecule has 2 N–H and O–H groups in total. The second-order valence-electron chi connectivity index (χ2n) is 7.96. The minimum Gasteiger partial charge on any atom is -0.452 e. The van der Waals surface area contributed by atoms with Crippen LogP contribution in [-0.4, -0.2) is 27.2 Å². The van der Waals surface area contributed by atoms with Gasteiger partial charge in [0.15, 0.2) is 0 Å². The van der Waals surface area contributed by atoms with E-state index >= 15 is 0 Å². The fourth-order valence-corrected chi connectivity index (χ4v) is 3.93. The third kappa shape index (κ3) is 5.01. The van der Waals surface area contributed by atoms with E-state index in [-0.39, 0.29) is 43.4 Å². The first-order chi connectivity index (χ1) is 16.6. The molecule has 12 heteroatoms. The molecule has 2 aromatic carbocycles. The van der Waals surface area contributed by atoms with Crippen LogP contribution >= 0.6 is 11.6 Å². The highest BCUT2D eigenvalue weighted by atomic mass is 35.5. The predicted octanol–water partition coefficient (Wildman–Crippen LogP) is 3.40. The van der Waals surface area contributed by atoms with Crippen molar-refractivity contribution in [1.82, 2.24) is 9.13 Å². The number of hydrogen-bond acceptors (Lipinski definition) is 6. The molecule has 0 saturated heterocycles. The maximum atomic E-state index is 13.3. The van der Waals surface area contributed by atoms with Crippen molar-refractivity contribution < 1.29 is 23.0 Å². The summed E-state index contributed by atoms with van der Waals surface area (Å²) in [4.78, 5) is 27.7. The number of alkyl halides is 3. The summed E-state index contributed by atoms with van der Waals surface area (Å²) in [5.74, 6) is 0.348. The maximum Gasteiger partial charge on any atom is 0.416 e. The number of halogens is 4. The summed E-state index contributed by atoms with van der Waals surface area (Å²) in [7, 11) is 1.49. The van der Waals surface area contributed by atoms with Gasteiger partial charge in [0.1, 0.15) is 17.3 Å². The molecule has 1 aliphatic rings. The lowest BCUT2D eigenvalue weighted by Crippen LogP contribution is -2.43. The fraction of sp³-hybridized carbons (Fsp3) is 0.304. The van der Waals surface area contributed by atoms with Crippen LogP contribution in [0.5, 0.6) is 5.75 Å². The Bertz CT molecular complexity index is 1320. The molecule has 35 heavy (non-hydrogen) atoms. The normalized spacial score (nSPS) is 15.1. The van der Waals surface area contributed by atoms with Crippen molar-refractivity contribution in [3.63, 3.8) is 0 Å². The smallest absolute Gasteiger partial charge is 0.416 e. The van der Waals surface area contributed by atoms with E-state index in [0.717, 1.165) is 22.3 Å². The van der Waals surface area contributed by atoms with Gasteiger partial charge in [-0.15, -0.1) is 0 Å². The van der Waals surface area contributed by atoms with E-state index in [1.54, 1.807) is 29.2 Å². The summed E-state index contributed by atoms with van der Waals surface area (Å²) in [6.45, 7) is 0.00346. The average Bonchev–Trinajstić information content (AvgIpc) is 3.17. The Morgan fingerprint density at radius 2 is 1.74 bits per heavy atom. The van der Waals surface area contributed by atoms with Crippen LogP contribution in [0.4, 0.5) is 24.7 Å². The van der Waals surface area contributed by atoms with E-state index in [9.17, 15) is 22.8 Å². The summed E-state index contributed by atoms with van der Waals surface area (Å²) >= 11 is 5.98. The highest BCUT2D eigenvalue weighted by Crippen LogP contribution is 2.34. The molecular weight excluding hydrogens is 489 g/mol. The molecule has 0 saturated carbocycles. The number of rotatable bonds is 7. The molecule has 1 aliphatic heterocycles. The second-order valence-corrected chi connectivity index (χ2v) is 8.40. The van der Waals surface area contributed by atoms with Crippen molar-refractivity contribution in [1.29, 1.82) is 0 Å². The lowest BCUT2D eigenvalue weighted by atomic mass is 10.2. The number of hydrogen-bond donors (Lipinski definition) is 2. The molecule has 1 aromatic heterocycles. The Balaban J connectivity index is 1.74. The van der Waals surface area contributed by atoms with E-state index < -0.39 is 29.3 Å². The number of anilines is 2. The topological polar surface area (TPSA) is 88.7 Å². The van der Waals surface area contributed by atoms with Crippen LogP contribution in [-0.2, 0) is 26.3 Å². The van der Waals surface area contributed by atoms with E-state index in [1.807, 2.05) is 0 Å². The van der Waals surface area contributed by atoms with Crippen LogP contribution < -0.4 is 26.2 Å². The molecule has 2 heterocycles. The van der Waals surface area contributed by atoms with Gasteiger partial charge in [-0.25, -0.2) is 4.79 Å². The third-order valence-electron chi connectivity index (χ3n) is 5.59.